The van der Waals surface area contributed by atoms with E-state index in [1.54, 1.807) is 6.08 Å². The highest BCUT2D eigenvalue weighted by atomic mass is 16.4. The number of carboxylic acids is 1. The average Bonchev–Trinajstić information content (AvgIpc) is 2.82. The molecule has 1 rings (SSSR count). The molecule has 0 aliphatic heterocycles. The third kappa shape index (κ3) is 8.66. The van der Waals surface area contributed by atoms with E-state index >= 15 is 0 Å². The lowest BCUT2D eigenvalue weighted by atomic mass is 9.89. The molecule has 1 saturated carbocycles. The van der Waals surface area contributed by atoms with Crippen molar-refractivity contribution in [2.24, 2.45) is 11.8 Å². The SMILES string of the molecule is CCCCC[C@H](O)C=C[C@@H]1[C@H](CC=CCCCC(=O)O)[C@@H](O)C[C@H]1O. The molecule has 0 spiro atoms. The lowest BCUT2D eigenvalue weighted by molar-refractivity contribution is -0.137. The Labute approximate surface area is 151 Å². The van der Waals surface area contributed by atoms with Gasteiger partial charge in [0.25, 0.3) is 0 Å². The maximum Gasteiger partial charge on any atom is 0.303 e. The number of rotatable bonds is 12. The summed E-state index contributed by atoms with van der Waals surface area (Å²) in [5.41, 5.74) is 0. The van der Waals surface area contributed by atoms with Gasteiger partial charge in [-0.1, -0.05) is 50.5 Å². The number of carboxylic acid groups (broad SMARTS) is 1. The fourth-order valence-corrected chi connectivity index (χ4v) is 3.41. The largest absolute Gasteiger partial charge is 0.481 e. The van der Waals surface area contributed by atoms with Crippen molar-refractivity contribution in [2.75, 3.05) is 0 Å². The molecule has 0 radical (unpaired) electrons. The van der Waals surface area contributed by atoms with Gasteiger partial charge in [-0.25, -0.2) is 0 Å². The summed E-state index contributed by atoms with van der Waals surface area (Å²) in [6, 6.07) is 0. The van der Waals surface area contributed by atoms with Crippen LogP contribution in [0, 0.1) is 11.8 Å². The summed E-state index contributed by atoms with van der Waals surface area (Å²) in [7, 11) is 0. The number of aliphatic carboxylic acids is 1. The van der Waals surface area contributed by atoms with E-state index in [0.717, 1.165) is 25.7 Å². The smallest absolute Gasteiger partial charge is 0.303 e. The minimum Gasteiger partial charge on any atom is -0.481 e. The van der Waals surface area contributed by atoms with E-state index in [0.29, 0.717) is 25.7 Å². The topological polar surface area (TPSA) is 98.0 Å². The average molecular weight is 354 g/mol. The molecular formula is C20H34O5. The van der Waals surface area contributed by atoms with Crippen molar-refractivity contribution in [2.45, 2.75) is 83.0 Å². The molecule has 0 unspecified atom stereocenters. The first-order valence-electron chi connectivity index (χ1n) is 9.55. The van der Waals surface area contributed by atoms with Crippen LogP contribution in [0.4, 0.5) is 0 Å². The van der Waals surface area contributed by atoms with Crippen LogP contribution >= 0.6 is 0 Å². The summed E-state index contributed by atoms with van der Waals surface area (Å²) in [5, 5.41) is 39.0. The zero-order valence-electron chi connectivity index (χ0n) is 15.3. The third-order valence-electron chi connectivity index (χ3n) is 4.91. The number of aliphatic hydroxyl groups excluding tert-OH is 3. The molecule has 5 atom stereocenters. The number of allylic oxidation sites excluding steroid dienone is 2. The van der Waals surface area contributed by atoms with Crippen molar-refractivity contribution in [1.29, 1.82) is 0 Å². The lowest BCUT2D eigenvalue weighted by Crippen LogP contribution is -2.20. The van der Waals surface area contributed by atoms with Crippen molar-refractivity contribution in [1.82, 2.24) is 0 Å². The predicted molar refractivity (Wildman–Crippen MR) is 98.1 cm³/mol. The molecule has 1 fully saturated rings. The fourth-order valence-electron chi connectivity index (χ4n) is 3.41. The Hall–Kier alpha value is -1.17. The van der Waals surface area contributed by atoms with E-state index < -0.39 is 24.3 Å². The van der Waals surface area contributed by atoms with Gasteiger partial charge in [0, 0.05) is 18.8 Å². The molecule has 5 nitrogen and oxygen atoms in total. The second kappa shape index (κ2) is 12.2. The van der Waals surface area contributed by atoms with Crippen molar-refractivity contribution >= 4 is 5.97 Å². The van der Waals surface area contributed by atoms with E-state index in [2.05, 4.69) is 6.92 Å². The molecule has 0 aromatic carbocycles. The van der Waals surface area contributed by atoms with Crippen LogP contribution in [0.2, 0.25) is 0 Å². The van der Waals surface area contributed by atoms with Crippen LogP contribution in [0.15, 0.2) is 24.3 Å². The van der Waals surface area contributed by atoms with Gasteiger partial charge >= 0.3 is 5.97 Å². The Kier molecular flexibility index (Phi) is 10.7. The first kappa shape index (κ1) is 21.9. The highest BCUT2D eigenvalue weighted by Crippen LogP contribution is 2.36. The van der Waals surface area contributed by atoms with Gasteiger partial charge in [-0.2, -0.15) is 0 Å². The number of unbranched alkanes of at least 4 members (excludes halogenated alkanes) is 3. The molecule has 25 heavy (non-hydrogen) atoms. The number of hydrogen-bond donors (Lipinski definition) is 4. The summed E-state index contributed by atoms with van der Waals surface area (Å²) < 4.78 is 0. The molecule has 0 amide bonds. The van der Waals surface area contributed by atoms with Crippen LogP contribution < -0.4 is 0 Å². The van der Waals surface area contributed by atoms with Crippen LogP contribution in [-0.2, 0) is 4.79 Å². The van der Waals surface area contributed by atoms with Gasteiger partial charge in [0.2, 0.25) is 0 Å². The number of aliphatic hydroxyl groups is 3. The molecule has 1 aliphatic carbocycles. The van der Waals surface area contributed by atoms with Crippen LogP contribution in [0.25, 0.3) is 0 Å². The van der Waals surface area contributed by atoms with Gasteiger partial charge in [0.1, 0.15) is 0 Å². The lowest BCUT2D eigenvalue weighted by Gasteiger charge is -2.19. The van der Waals surface area contributed by atoms with Gasteiger partial charge in [-0.15, -0.1) is 0 Å². The molecule has 0 bridgehead atoms. The number of carbonyl (C=O) groups is 1. The van der Waals surface area contributed by atoms with E-state index in [-0.39, 0.29) is 18.3 Å². The van der Waals surface area contributed by atoms with Gasteiger partial charge in [-0.05, 0) is 31.6 Å². The zero-order chi connectivity index (χ0) is 18.7. The molecular weight excluding hydrogens is 320 g/mol. The number of hydrogen-bond acceptors (Lipinski definition) is 4. The Morgan fingerprint density at radius 1 is 1.16 bits per heavy atom. The summed E-state index contributed by atoms with van der Waals surface area (Å²) in [6.07, 6.45) is 12.3. The van der Waals surface area contributed by atoms with Crippen molar-refractivity contribution in [3.05, 3.63) is 24.3 Å². The van der Waals surface area contributed by atoms with E-state index in [1.165, 1.54) is 0 Å². The Morgan fingerprint density at radius 3 is 2.60 bits per heavy atom. The molecule has 4 N–H and O–H groups in total. The van der Waals surface area contributed by atoms with E-state index in [9.17, 15) is 20.1 Å². The monoisotopic (exact) mass is 354 g/mol. The normalized spacial score (nSPS) is 28.2. The first-order chi connectivity index (χ1) is 12.0. The van der Waals surface area contributed by atoms with Crippen molar-refractivity contribution in [3.63, 3.8) is 0 Å². The van der Waals surface area contributed by atoms with Crippen LogP contribution in [-0.4, -0.2) is 44.7 Å². The quantitative estimate of drug-likeness (QED) is 0.319. The van der Waals surface area contributed by atoms with E-state index in [1.807, 2.05) is 18.2 Å². The molecule has 0 aromatic rings. The van der Waals surface area contributed by atoms with Crippen molar-refractivity contribution in [3.8, 4) is 0 Å². The van der Waals surface area contributed by atoms with Gasteiger partial charge in [0.15, 0.2) is 0 Å². The molecule has 0 heterocycles. The minimum atomic E-state index is -0.787. The molecule has 0 saturated heterocycles. The Bertz CT molecular complexity index is 432. The first-order valence-corrected chi connectivity index (χ1v) is 9.55. The second-order valence-electron chi connectivity index (χ2n) is 7.05. The summed E-state index contributed by atoms with van der Waals surface area (Å²) in [5.74, 6) is -1.00. The Morgan fingerprint density at radius 2 is 1.92 bits per heavy atom. The predicted octanol–water partition coefficient (Wildman–Crippen LogP) is 3.04. The molecule has 5 heteroatoms. The van der Waals surface area contributed by atoms with Crippen LogP contribution in [0.1, 0.15) is 64.7 Å². The van der Waals surface area contributed by atoms with Gasteiger partial charge < -0.3 is 20.4 Å². The zero-order valence-corrected chi connectivity index (χ0v) is 15.3. The van der Waals surface area contributed by atoms with E-state index in [4.69, 9.17) is 5.11 Å². The van der Waals surface area contributed by atoms with Crippen LogP contribution in [0.3, 0.4) is 0 Å². The maximum atomic E-state index is 10.5. The highest BCUT2D eigenvalue weighted by molar-refractivity contribution is 5.66. The fraction of sp³-hybridized carbons (Fsp3) is 0.750. The molecule has 0 aromatic heterocycles. The molecule has 144 valence electrons. The minimum absolute atomic E-state index is 0.0650. The second-order valence-corrected chi connectivity index (χ2v) is 7.05. The standard InChI is InChI=1S/C20H34O5/c1-2-3-6-9-15(21)12-13-17-16(18(22)14-19(17)23)10-7-4-5-8-11-20(24)25/h4,7,12-13,15-19,21-23H,2-3,5-6,8-11,14H2,1H3,(H,24,25)/t15-,16-,17+,18-,19+/m0/s1. The third-order valence-corrected chi connectivity index (χ3v) is 4.91. The Balaban J connectivity index is 2.46. The summed E-state index contributed by atoms with van der Waals surface area (Å²) in [4.78, 5) is 10.5. The van der Waals surface area contributed by atoms with Crippen LogP contribution in [0.5, 0.6) is 0 Å². The highest BCUT2D eigenvalue weighted by Gasteiger charge is 2.39. The molecule has 1 aliphatic rings. The van der Waals surface area contributed by atoms with Gasteiger partial charge in [0.05, 0.1) is 18.3 Å². The summed E-state index contributed by atoms with van der Waals surface area (Å²) >= 11 is 0. The maximum absolute atomic E-state index is 10.5. The van der Waals surface area contributed by atoms with Crippen molar-refractivity contribution < 1.29 is 25.2 Å². The summed E-state index contributed by atoms with van der Waals surface area (Å²) in [6.45, 7) is 2.12. The van der Waals surface area contributed by atoms with Gasteiger partial charge in [-0.3, -0.25) is 4.79 Å².